The molecular formula is C22H27N3O3S2. The minimum absolute atomic E-state index is 0.0417. The second-order valence-electron chi connectivity index (χ2n) is 7.93. The van der Waals surface area contributed by atoms with Gasteiger partial charge in [-0.1, -0.05) is 0 Å². The highest BCUT2D eigenvalue weighted by molar-refractivity contribution is 7.99. The fourth-order valence-electron chi connectivity index (χ4n) is 3.77. The molecule has 0 aliphatic carbocycles. The van der Waals surface area contributed by atoms with Crippen molar-refractivity contribution in [2.24, 2.45) is 0 Å². The molecule has 2 fully saturated rings. The molecule has 0 N–H and O–H groups in total. The molecule has 160 valence electrons. The van der Waals surface area contributed by atoms with Gasteiger partial charge in [0.25, 0.3) is 11.8 Å². The lowest BCUT2D eigenvalue weighted by atomic mass is 9.97. The van der Waals surface area contributed by atoms with Crippen LogP contribution < -0.4 is 4.74 Å². The van der Waals surface area contributed by atoms with Crippen LogP contribution in [0.1, 0.15) is 58.5 Å². The van der Waals surface area contributed by atoms with Gasteiger partial charge in [-0.25, -0.2) is 4.98 Å². The standard InChI is InChI=1S/C22H27N3O3S2/c1-15(2)28-18-5-3-17(4-6-18)21(26)24-9-7-16(8-10-24)20-23-19(13-30-20)22(27)25-11-12-29-14-25/h3-6,13,15-16H,7-12,14H2,1-2H3. The first kappa shape index (κ1) is 21.2. The van der Waals surface area contributed by atoms with E-state index in [0.29, 0.717) is 30.3 Å². The number of thiazole rings is 1. The zero-order valence-corrected chi connectivity index (χ0v) is 19.0. The van der Waals surface area contributed by atoms with Gasteiger partial charge in [0.2, 0.25) is 0 Å². The smallest absolute Gasteiger partial charge is 0.274 e. The number of carbonyl (C=O) groups excluding carboxylic acids is 2. The van der Waals surface area contributed by atoms with E-state index in [1.807, 2.05) is 53.3 Å². The van der Waals surface area contributed by atoms with Crippen LogP contribution in [0.5, 0.6) is 5.75 Å². The van der Waals surface area contributed by atoms with Crippen molar-refractivity contribution in [1.82, 2.24) is 14.8 Å². The van der Waals surface area contributed by atoms with Crippen molar-refractivity contribution in [3.63, 3.8) is 0 Å². The van der Waals surface area contributed by atoms with Crippen LogP contribution in [-0.4, -0.2) is 64.0 Å². The molecule has 0 spiro atoms. The van der Waals surface area contributed by atoms with Gasteiger partial charge in [0.1, 0.15) is 11.4 Å². The lowest BCUT2D eigenvalue weighted by molar-refractivity contribution is 0.0713. The van der Waals surface area contributed by atoms with Crippen molar-refractivity contribution in [2.45, 2.75) is 38.7 Å². The largest absolute Gasteiger partial charge is 0.491 e. The number of thioether (sulfide) groups is 1. The summed E-state index contributed by atoms with van der Waals surface area (Å²) in [6, 6.07) is 7.38. The summed E-state index contributed by atoms with van der Waals surface area (Å²) in [6.07, 6.45) is 1.86. The molecule has 3 heterocycles. The maximum atomic E-state index is 12.8. The summed E-state index contributed by atoms with van der Waals surface area (Å²) in [6.45, 7) is 6.19. The number of rotatable bonds is 5. The van der Waals surface area contributed by atoms with Crippen molar-refractivity contribution in [3.05, 3.63) is 45.9 Å². The first-order valence-electron chi connectivity index (χ1n) is 10.4. The Hall–Kier alpha value is -2.06. The zero-order chi connectivity index (χ0) is 21.1. The van der Waals surface area contributed by atoms with Gasteiger partial charge in [-0.15, -0.1) is 23.1 Å². The quantitative estimate of drug-likeness (QED) is 0.693. The van der Waals surface area contributed by atoms with Crippen LogP contribution in [0, 0.1) is 0 Å². The topological polar surface area (TPSA) is 62.7 Å². The summed E-state index contributed by atoms with van der Waals surface area (Å²) in [5.41, 5.74) is 1.26. The third-order valence-electron chi connectivity index (χ3n) is 5.39. The zero-order valence-electron chi connectivity index (χ0n) is 17.4. The van der Waals surface area contributed by atoms with E-state index < -0.39 is 0 Å². The van der Waals surface area contributed by atoms with E-state index in [4.69, 9.17) is 4.74 Å². The number of likely N-dealkylation sites (tertiary alicyclic amines) is 1. The van der Waals surface area contributed by atoms with Crippen LogP contribution in [0.2, 0.25) is 0 Å². The average molecular weight is 446 g/mol. The van der Waals surface area contributed by atoms with Gasteiger partial charge < -0.3 is 14.5 Å². The molecule has 0 atom stereocenters. The Morgan fingerprint density at radius 2 is 1.80 bits per heavy atom. The number of benzene rings is 1. The Morgan fingerprint density at radius 1 is 1.07 bits per heavy atom. The molecule has 2 saturated heterocycles. The van der Waals surface area contributed by atoms with Crippen LogP contribution in [0.4, 0.5) is 0 Å². The van der Waals surface area contributed by atoms with Crippen LogP contribution in [0.3, 0.4) is 0 Å². The van der Waals surface area contributed by atoms with E-state index in [2.05, 4.69) is 4.98 Å². The van der Waals surface area contributed by atoms with Crippen LogP contribution in [0.15, 0.2) is 29.6 Å². The highest BCUT2D eigenvalue weighted by atomic mass is 32.2. The normalized spacial score (nSPS) is 17.6. The number of ether oxygens (including phenoxy) is 1. The maximum absolute atomic E-state index is 12.8. The molecule has 0 radical (unpaired) electrons. The average Bonchev–Trinajstić information content (AvgIpc) is 3.45. The summed E-state index contributed by atoms with van der Waals surface area (Å²) in [7, 11) is 0. The Morgan fingerprint density at radius 3 is 2.43 bits per heavy atom. The van der Waals surface area contributed by atoms with E-state index in [0.717, 1.165) is 41.8 Å². The van der Waals surface area contributed by atoms with Crippen molar-refractivity contribution >= 4 is 34.9 Å². The Balaban J connectivity index is 1.32. The number of amides is 2. The van der Waals surface area contributed by atoms with Crippen molar-refractivity contribution in [3.8, 4) is 5.75 Å². The van der Waals surface area contributed by atoms with E-state index in [-0.39, 0.29) is 17.9 Å². The number of hydrogen-bond acceptors (Lipinski definition) is 6. The minimum Gasteiger partial charge on any atom is -0.491 e. The predicted molar refractivity (Wildman–Crippen MR) is 121 cm³/mol. The number of nitrogens with zero attached hydrogens (tertiary/aromatic N) is 3. The first-order chi connectivity index (χ1) is 14.5. The Labute approximate surface area is 185 Å². The molecular weight excluding hydrogens is 418 g/mol. The third kappa shape index (κ3) is 4.81. The SMILES string of the molecule is CC(C)Oc1ccc(C(=O)N2CCC(c3nc(C(=O)N4CCSC4)cs3)CC2)cc1. The molecule has 2 amide bonds. The molecule has 30 heavy (non-hydrogen) atoms. The lowest BCUT2D eigenvalue weighted by Crippen LogP contribution is -2.37. The first-order valence-corrected chi connectivity index (χ1v) is 12.4. The summed E-state index contributed by atoms with van der Waals surface area (Å²) >= 11 is 3.35. The molecule has 1 aromatic carbocycles. The van der Waals surface area contributed by atoms with E-state index in [1.165, 1.54) is 0 Å². The summed E-state index contributed by atoms with van der Waals surface area (Å²) in [5.74, 6) is 2.96. The van der Waals surface area contributed by atoms with Gasteiger partial charge in [0.15, 0.2) is 0 Å². The Bertz CT molecular complexity index is 883. The molecule has 0 bridgehead atoms. The monoisotopic (exact) mass is 445 g/mol. The number of aromatic nitrogens is 1. The van der Waals surface area contributed by atoms with Crippen molar-refractivity contribution in [1.29, 1.82) is 0 Å². The van der Waals surface area contributed by atoms with E-state index in [9.17, 15) is 9.59 Å². The van der Waals surface area contributed by atoms with E-state index in [1.54, 1.807) is 23.1 Å². The van der Waals surface area contributed by atoms with Crippen LogP contribution >= 0.6 is 23.1 Å². The highest BCUT2D eigenvalue weighted by Crippen LogP contribution is 2.31. The maximum Gasteiger partial charge on any atom is 0.274 e. The number of hydrogen-bond donors (Lipinski definition) is 0. The van der Waals surface area contributed by atoms with Gasteiger partial charge in [0.05, 0.1) is 17.0 Å². The van der Waals surface area contributed by atoms with Gasteiger partial charge in [-0.2, -0.15) is 0 Å². The number of piperidine rings is 1. The van der Waals surface area contributed by atoms with Crippen LogP contribution in [-0.2, 0) is 0 Å². The fourth-order valence-corrected chi connectivity index (χ4v) is 5.68. The molecule has 0 unspecified atom stereocenters. The van der Waals surface area contributed by atoms with Gasteiger partial charge in [-0.3, -0.25) is 9.59 Å². The summed E-state index contributed by atoms with van der Waals surface area (Å²) in [4.78, 5) is 33.8. The second kappa shape index (κ2) is 9.39. The van der Waals surface area contributed by atoms with Crippen molar-refractivity contribution < 1.29 is 14.3 Å². The number of carbonyl (C=O) groups is 2. The summed E-state index contributed by atoms with van der Waals surface area (Å²) < 4.78 is 5.65. The molecule has 2 aliphatic rings. The molecule has 2 aliphatic heterocycles. The summed E-state index contributed by atoms with van der Waals surface area (Å²) in [5, 5.41) is 2.91. The van der Waals surface area contributed by atoms with Gasteiger partial charge in [-0.05, 0) is 51.0 Å². The molecule has 6 nitrogen and oxygen atoms in total. The molecule has 1 aromatic heterocycles. The predicted octanol–water partition coefficient (Wildman–Crippen LogP) is 4.10. The van der Waals surface area contributed by atoms with E-state index >= 15 is 0 Å². The third-order valence-corrected chi connectivity index (χ3v) is 7.36. The Kier molecular flexibility index (Phi) is 6.63. The second-order valence-corrected chi connectivity index (χ2v) is 9.90. The fraction of sp³-hybridized carbons (Fsp3) is 0.500. The van der Waals surface area contributed by atoms with Gasteiger partial charge in [0, 0.05) is 42.2 Å². The van der Waals surface area contributed by atoms with Gasteiger partial charge >= 0.3 is 0 Å². The van der Waals surface area contributed by atoms with Crippen molar-refractivity contribution in [2.75, 3.05) is 31.3 Å². The molecule has 0 saturated carbocycles. The molecule has 2 aromatic rings. The highest BCUT2D eigenvalue weighted by Gasteiger charge is 2.28. The van der Waals surface area contributed by atoms with Crippen LogP contribution in [0.25, 0.3) is 0 Å². The molecule has 8 heteroatoms. The lowest BCUT2D eigenvalue weighted by Gasteiger charge is -2.31. The molecule has 4 rings (SSSR count). The minimum atomic E-state index is 0.0417.